The Kier molecular flexibility index (Phi) is 10.8. The first-order chi connectivity index (χ1) is 10.8. The highest BCUT2D eigenvalue weighted by atomic mass is 14.1. The van der Waals surface area contributed by atoms with Gasteiger partial charge in [0.25, 0.3) is 0 Å². The van der Waals surface area contributed by atoms with Gasteiger partial charge in [-0.1, -0.05) is 96.1 Å². The molecule has 1 rings (SSSR count). The van der Waals surface area contributed by atoms with Crippen LogP contribution in [-0.2, 0) is 6.42 Å². The highest BCUT2D eigenvalue weighted by molar-refractivity contribution is 5.63. The van der Waals surface area contributed by atoms with Crippen LogP contribution in [0.2, 0.25) is 0 Å². The standard InChI is InChI=1S/C22H36/c1-4-6-8-10-12-14-20(3)22-18-16-21(17-19-22)15-13-11-9-7-5-2/h16-19H,3-15H2,1-2H3. The average molecular weight is 301 g/mol. The van der Waals surface area contributed by atoms with Gasteiger partial charge in [-0.2, -0.15) is 0 Å². The molecule has 0 aliphatic heterocycles. The molecule has 0 aliphatic carbocycles. The number of hydrogen-bond donors (Lipinski definition) is 0. The fourth-order valence-electron chi connectivity index (χ4n) is 2.93. The highest BCUT2D eigenvalue weighted by Gasteiger charge is 2.00. The van der Waals surface area contributed by atoms with Gasteiger partial charge in [0.1, 0.15) is 0 Å². The second-order valence-electron chi connectivity index (χ2n) is 6.63. The maximum Gasteiger partial charge on any atom is -0.0230 e. The number of unbranched alkanes of at least 4 members (excludes halogenated alkanes) is 8. The molecule has 0 atom stereocenters. The fourth-order valence-corrected chi connectivity index (χ4v) is 2.93. The van der Waals surface area contributed by atoms with E-state index in [-0.39, 0.29) is 0 Å². The normalized spacial score (nSPS) is 10.8. The van der Waals surface area contributed by atoms with Crippen molar-refractivity contribution in [3.05, 3.63) is 42.0 Å². The lowest BCUT2D eigenvalue weighted by atomic mass is 9.98. The predicted molar refractivity (Wildman–Crippen MR) is 101 cm³/mol. The molecular weight excluding hydrogens is 264 g/mol. The molecule has 0 bridgehead atoms. The van der Waals surface area contributed by atoms with Crippen LogP contribution < -0.4 is 0 Å². The molecule has 0 heteroatoms. The van der Waals surface area contributed by atoms with Crippen LogP contribution in [-0.4, -0.2) is 0 Å². The van der Waals surface area contributed by atoms with Crippen molar-refractivity contribution in [3.63, 3.8) is 0 Å². The molecule has 0 saturated carbocycles. The molecule has 0 aliphatic rings. The summed E-state index contributed by atoms with van der Waals surface area (Å²) in [6, 6.07) is 9.15. The van der Waals surface area contributed by atoms with E-state index in [2.05, 4.69) is 44.7 Å². The van der Waals surface area contributed by atoms with E-state index in [0.717, 1.165) is 6.42 Å². The second kappa shape index (κ2) is 12.5. The third kappa shape index (κ3) is 8.41. The van der Waals surface area contributed by atoms with Crippen LogP contribution in [0.25, 0.3) is 5.57 Å². The van der Waals surface area contributed by atoms with Crippen LogP contribution in [0.3, 0.4) is 0 Å². The summed E-state index contributed by atoms with van der Waals surface area (Å²) in [6.07, 6.45) is 15.9. The van der Waals surface area contributed by atoms with E-state index >= 15 is 0 Å². The zero-order valence-electron chi connectivity index (χ0n) is 15.0. The van der Waals surface area contributed by atoms with Gasteiger partial charge in [-0.25, -0.2) is 0 Å². The highest BCUT2D eigenvalue weighted by Crippen LogP contribution is 2.21. The Balaban J connectivity index is 2.23. The Hall–Kier alpha value is -1.04. The van der Waals surface area contributed by atoms with Crippen molar-refractivity contribution in [2.45, 2.75) is 90.9 Å². The molecule has 0 radical (unpaired) electrons. The predicted octanol–water partition coefficient (Wildman–Crippen LogP) is 7.57. The van der Waals surface area contributed by atoms with E-state index in [1.165, 1.54) is 87.3 Å². The monoisotopic (exact) mass is 300 g/mol. The van der Waals surface area contributed by atoms with Gasteiger partial charge in [0.05, 0.1) is 0 Å². The van der Waals surface area contributed by atoms with Gasteiger partial charge < -0.3 is 0 Å². The lowest BCUT2D eigenvalue weighted by Gasteiger charge is -2.08. The molecule has 1 aromatic rings. The zero-order valence-corrected chi connectivity index (χ0v) is 15.0. The molecule has 0 aromatic heterocycles. The minimum absolute atomic E-state index is 1.15. The van der Waals surface area contributed by atoms with Crippen LogP contribution in [0.1, 0.15) is 95.6 Å². The minimum Gasteiger partial charge on any atom is -0.0952 e. The van der Waals surface area contributed by atoms with Crippen molar-refractivity contribution in [1.29, 1.82) is 0 Å². The Morgan fingerprint density at radius 2 is 1.27 bits per heavy atom. The fraction of sp³-hybridized carbons (Fsp3) is 0.636. The maximum atomic E-state index is 4.27. The van der Waals surface area contributed by atoms with E-state index in [0.29, 0.717) is 0 Å². The summed E-state index contributed by atoms with van der Waals surface area (Å²) in [5.41, 5.74) is 4.13. The molecule has 1 aromatic carbocycles. The van der Waals surface area contributed by atoms with Crippen molar-refractivity contribution in [2.75, 3.05) is 0 Å². The molecule has 0 fully saturated rings. The summed E-state index contributed by atoms with van der Waals surface area (Å²) in [6.45, 7) is 8.81. The number of hydrogen-bond acceptors (Lipinski definition) is 0. The van der Waals surface area contributed by atoms with Gasteiger partial charge in [0, 0.05) is 0 Å². The summed E-state index contributed by atoms with van der Waals surface area (Å²) in [5, 5.41) is 0. The van der Waals surface area contributed by atoms with Crippen molar-refractivity contribution < 1.29 is 0 Å². The quantitative estimate of drug-likeness (QED) is 0.329. The Labute approximate surface area is 139 Å². The lowest BCUT2D eigenvalue weighted by molar-refractivity contribution is 0.632. The summed E-state index contributed by atoms with van der Waals surface area (Å²) >= 11 is 0. The van der Waals surface area contributed by atoms with E-state index in [1.54, 1.807) is 0 Å². The van der Waals surface area contributed by atoms with Gasteiger partial charge in [0.15, 0.2) is 0 Å². The third-order valence-electron chi connectivity index (χ3n) is 4.51. The first kappa shape index (κ1) is 19.0. The van der Waals surface area contributed by atoms with Crippen LogP contribution in [0.15, 0.2) is 30.8 Å². The molecule has 124 valence electrons. The molecule has 0 N–H and O–H groups in total. The maximum absolute atomic E-state index is 4.27. The molecule has 0 spiro atoms. The van der Waals surface area contributed by atoms with E-state index in [9.17, 15) is 0 Å². The molecule has 0 nitrogen and oxygen atoms in total. The van der Waals surface area contributed by atoms with Gasteiger partial charge in [-0.05, 0) is 42.4 Å². The summed E-state index contributed by atoms with van der Waals surface area (Å²) in [5.74, 6) is 0. The van der Waals surface area contributed by atoms with Gasteiger partial charge in [-0.15, -0.1) is 0 Å². The topological polar surface area (TPSA) is 0 Å². The Bertz CT molecular complexity index is 385. The van der Waals surface area contributed by atoms with Crippen molar-refractivity contribution in [3.8, 4) is 0 Å². The number of allylic oxidation sites excluding steroid dienone is 1. The van der Waals surface area contributed by atoms with Crippen molar-refractivity contribution >= 4 is 5.57 Å². The van der Waals surface area contributed by atoms with Crippen molar-refractivity contribution in [2.24, 2.45) is 0 Å². The number of aryl methyl sites for hydroxylation is 1. The van der Waals surface area contributed by atoms with E-state index in [1.807, 2.05) is 0 Å². The Morgan fingerprint density at radius 1 is 0.727 bits per heavy atom. The number of benzene rings is 1. The van der Waals surface area contributed by atoms with Crippen LogP contribution >= 0.6 is 0 Å². The molecule has 22 heavy (non-hydrogen) atoms. The summed E-state index contributed by atoms with van der Waals surface area (Å²) in [7, 11) is 0. The largest absolute Gasteiger partial charge is 0.0952 e. The first-order valence-corrected chi connectivity index (χ1v) is 9.55. The van der Waals surface area contributed by atoms with Crippen molar-refractivity contribution in [1.82, 2.24) is 0 Å². The molecule has 0 saturated heterocycles. The molecule has 0 unspecified atom stereocenters. The van der Waals surface area contributed by atoms with E-state index < -0.39 is 0 Å². The first-order valence-electron chi connectivity index (χ1n) is 9.55. The lowest BCUT2D eigenvalue weighted by Crippen LogP contribution is -1.89. The smallest absolute Gasteiger partial charge is 0.0230 e. The average Bonchev–Trinajstić information content (AvgIpc) is 2.55. The van der Waals surface area contributed by atoms with Crippen LogP contribution in [0.5, 0.6) is 0 Å². The summed E-state index contributed by atoms with van der Waals surface area (Å²) < 4.78 is 0. The van der Waals surface area contributed by atoms with Crippen LogP contribution in [0, 0.1) is 0 Å². The van der Waals surface area contributed by atoms with E-state index in [4.69, 9.17) is 0 Å². The zero-order chi connectivity index (χ0) is 16.0. The number of rotatable bonds is 13. The van der Waals surface area contributed by atoms with Gasteiger partial charge in [0.2, 0.25) is 0 Å². The molecule has 0 heterocycles. The van der Waals surface area contributed by atoms with Gasteiger partial charge >= 0.3 is 0 Å². The summed E-state index contributed by atoms with van der Waals surface area (Å²) in [4.78, 5) is 0. The third-order valence-corrected chi connectivity index (χ3v) is 4.51. The minimum atomic E-state index is 1.15. The Morgan fingerprint density at radius 3 is 1.86 bits per heavy atom. The molecule has 0 amide bonds. The second-order valence-corrected chi connectivity index (χ2v) is 6.63. The van der Waals surface area contributed by atoms with Gasteiger partial charge in [-0.3, -0.25) is 0 Å². The molecular formula is C22H36. The van der Waals surface area contributed by atoms with Crippen LogP contribution in [0.4, 0.5) is 0 Å². The SMILES string of the molecule is C=C(CCCCCCC)c1ccc(CCCCCCC)cc1.